The van der Waals surface area contributed by atoms with E-state index in [1.54, 1.807) is 14.2 Å². The molecule has 2 saturated heterocycles. The van der Waals surface area contributed by atoms with Gasteiger partial charge in [0.25, 0.3) is 5.91 Å². The number of rotatable bonds is 6. The van der Waals surface area contributed by atoms with Gasteiger partial charge in [-0.05, 0) is 55.7 Å². The summed E-state index contributed by atoms with van der Waals surface area (Å²) < 4.78 is 12.8. The summed E-state index contributed by atoms with van der Waals surface area (Å²) in [6.07, 6.45) is 4.56. The Labute approximate surface area is 221 Å². The quantitative estimate of drug-likeness (QED) is 0.485. The van der Waals surface area contributed by atoms with E-state index in [0.29, 0.717) is 55.1 Å². The van der Waals surface area contributed by atoms with Crippen LogP contribution in [0.15, 0.2) is 48.7 Å². The minimum Gasteiger partial charge on any atom is -0.497 e. The Hall–Kier alpha value is -4.27. The minimum absolute atomic E-state index is 0.0184. The van der Waals surface area contributed by atoms with Gasteiger partial charge in [-0.3, -0.25) is 9.59 Å². The summed E-state index contributed by atoms with van der Waals surface area (Å²) in [6.45, 7) is 1.69. The molecule has 3 N–H and O–H groups in total. The molecule has 0 atom stereocenters. The second-order valence-corrected chi connectivity index (χ2v) is 9.94. The number of ether oxygens (including phenoxy) is 2. The van der Waals surface area contributed by atoms with Crippen molar-refractivity contribution < 1.29 is 19.1 Å². The first-order valence-corrected chi connectivity index (χ1v) is 12.7. The Morgan fingerprint density at radius 3 is 2.42 bits per heavy atom. The first-order chi connectivity index (χ1) is 18.4. The van der Waals surface area contributed by atoms with Crippen molar-refractivity contribution in [1.82, 2.24) is 9.47 Å². The normalized spacial score (nSPS) is 17.3. The molecule has 3 aromatic rings. The second kappa shape index (κ2) is 9.89. The van der Waals surface area contributed by atoms with Gasteiger partial charge < -0.3 is 35.0 Å². The van der Waals surface area contributed by atoms with Gasteiger partial charge in [0.15, 0.2) is 0 Å². The molecule has 1 aromatic heterocycles. The van der Waals surface area contributed by atoms with Crippen LogP contribution in [0.3, 0.4) is 0 Å². The summed E-state index contributed by atoms with van der Waals surface area (Å²) in [5.41, 5.74) is 8.80. The van der Waals surface area contributed by atoms with E-state index in [2.05, 4.69) is 0 Å². The molecule has 0 bridgehead atoms. The standard InChI is InChI=1S/C29H33N5O4/c1-32-24-7-5-22(37-2)14-19(24)15-25(32)27(35)33-11-8-29(9-12-33)10-13-34(28(29)36)21-4-6-23(20(17-30)18-31)26(16-21)38-3/h4-7,14-18,30H,8-13,31H2,1-3H3/b20-18+,30-17?. The number of piperidine rings is 1. The smallest absolute Gasteiger partial charge is 0.270 e. The van der Waals surface area contributed by atoms with Gasteiger partial charge in [-0.15, -0.1) is 0 Å². The third kappa shape index (κ3) is 4.08. The molecule has 1 spiro atoms. The van der Waals surface area contributed by atoms with E-state index in [1.165, 1.54) is 12.4 Å². The van der Waals surface area contributed by atoms with Gasteiger partial charge in [0, 0.05) is 72.9 Å². The highest BCUT2D eigenvalue weighted by Gasteiger charge is 2.49. The van der Waals surface area contributed by atoms with E-state index in [0.717, 1.165) is 28.8 Å². The number of hydrogen-bond acceptors (Lipinski definition) is 6. The maximum absolute atomic E-state index is 13.7. The number of aryl methyl sites for hydroxylation is 1. The number of carbonyl (C=O) groups is 2. The summed E-state index contributed by atoms with van der Waals surface area (Å²) >= 11 is 0. The van der Waals surface area contributed by atoms with E-state index in [4.69, 9.17) is 20.6 Å². The average molecular weight is 516 g/mol. The van der Waals surface area contributed by atoms with Crippen molar-refractivity contribution in [2.45, 2.75) is 19.3 Å². The molecule has 2 amide bonds. The number of fused-ring (bicyclic) bond motifs is 1. The average Bonchev–Trinajstić information content (AvgIpc) is 3.45. The lowest BCUT2D eigenvalue weighted by Gasteiger charge is -2.38. The van der Waals surface area contributed by atoms with Crippen LogP contribution in [0.25, 0.3) is 16.5 Å². The highest BCUT2D eigenvalue weighted by Crippen LogP contribution is 2.44. The third-order valence-electron chi connectivity index (χ3n) is 8.13. The molecule has 5 rings (SSSR count). The van der Waals surface area contributed by atoms with Crippen molar-refractivity contribution >= 4 is 40.2 Å². The van der Waals surface area contributed by atoms with Crippen molar-refractivity contribution in [2.24, 2.45) is 18.2 Å². The van der Waals surface area contributed by atoms with Gasteiger partial charge in [0.2, 0.25) is 5.91 Å². The SMILES string of the molecule is COc1ccc2c(c1)cc(C(=O)N1CCC3(CC1)CCN(c1ccc(/C(C=N)=C/N)c(OC)c1)C3=O)n2C. The van der Waals surface area contributed by atoms with Crippen molar-refractivity contribution in [3.8, 4) is 11.5 Å². The number of amides is 2. The van der Waals surface area contributed by atoms with Crippen molar-refractivity contribution in [3.63, 3.8) is 0 Å². The number of anilines is 1. The molecule has 0 radical (unpaired) electrons. The maximum Gasteiger partial charge on any atom is 0.270 e. The van der Waals surface area contributed by atoms with E-state index >= 15 is 0 Å². The van der Waals surface area contributed by atoms with Crippen LogP contribution >= 0.6 is 0 Å². The van der Waals surface area contributed by atoms with Crippen molar-refractivity contribution in [1.29, 1.82) is 5.41 Å². The van der Waals surface area contributed by atoms with Gasteiger partial charge in [-0.25, -0.2) is 0 Å². The Balaban J connectivity index is 1.31. The molecule has 0 unspecified atom stereocenters. The first kappa shape index (κ1) is 25.4. The summed E-state index contributed by atoms with van der Waals surface area (Å²) in [4.78, 5) is 30.8. The monoisotopic (exact) mass is 515 g/mol. The number of carbonyl (C=O) groups excluding carboxylic acids is 2. The van der Waals surface area contributed by atoms with Gasteiger partial charge in [0.05, 0.1) is 19.6 Å². The zero-order valence-electron chi connectivity index (χ0n) is 22.0. The lowest BCUT2D eigenvalue weighted by molar-refractivity contribution is -0.127. The van der Waals surface area contributed by atoms with Crippen LogP contribution in [0.1, 0.15) is 35.3 Å². The number of aromatic nitrogens is 1. The van der Waals surface area contributed by atoms with Gasteiger partial charge in [-0.2, -0.15) is 0 Å². The van der Waals surface area contributed by atoms with Crippen LogP contribution in [0, 0.1) is 10.8 Å². The summed E-state index contributed by atoms with van der Waals surface area (Å²) in [6, 6.07) is 13.2. The Morgan fingerprint density at radius 1 is 1.03 bits per heavy atom. The minimum atomic E-state index is -0.466. The van der Waals surface area contributed by atoms with Crippen LogP contribution in [0.2, 0.25) is 0 Å². The lowest BCUT2D eigenvalue weighted by atomic mass is 9.77. The molecule has 9 heteroatoms. The predicted molar refractivity (Wildman–Crippen MR) is 148 cm³/mol. The molecule has 2 aliphatic rings. The molecule has 198 valence electrons. The zero-order chi connectivity index (χ0) is 27.0. The molecular formula is C29H33N5O4. The van der Waals surface area contributed by atoms with Crippen LogP contribution in [0.5, 0.6) is 11.5 Å². The number of likely N-dealkylation sites (tertiary alicyclic amines) is 1. The summed E-state index contributed by atoms with van der Waals surface area (Å²) in [5.74, 6) is 1.39. The molecule has 2 fully saturated rings. The summed E-state index contributed by atoms with van der Waals surface area (Å²) in [7, 11) is 5.09. The highest BCUT2D eigenvalue weighted by atomic mass is 16.5. The topological polar surface area (TPSA) is 114 Å². The van der Waals surface area contributed by atoms with Gasteiger partial charge in [0.1, 0.15) is 17.2 Å². The lowest BCUT2D eigenvalue weighted by Crippen LogP contribution is -2.47. The number of nitrogens with zero attached hydrogens (tertiary/aromatic N) is 3. The Kier molecular flexibility index (Phi) is 6.60. The molecule has 2 aliphatic heterocycles. The number of hydrogen-bond donors (Lipinski definition) is 2. The maximum atomic E-state index is 13.7. The Bertz CT molecular complexity index is 1450. The number of methoxy groups -OCH3 is 2. The van der Waals surface area contributed by atoms with Gasteiger partial charge >= 0.3 is 0 Å². The van der Waals surface area contributed by atoms with Crippen LogP contribution in [-0.4, -0.2) is 61.3 Å². The molecule has 9 nitrogen and oxygen atoms in total. The Morgan fingerprint density at radius 2 is 1.76 bits per heavy atom. The van der Waals surface area contributed by atoms with Crippen molar-refractivity contribution in [2.75, 3.05) is 38.8 Å². The second-order valence-electron chi connectivity index (χ2n) is 9.94. The van der Waals surface area contributed by atoms with E-state index in [9.17, 15) is 9.59 Å². The molecule has 0 aliphatic carbocycles. The van der Waals surface area contributed by atoms with E-state index in [-0.39, 0.29) is 11.8 Å². The molecule has 2 aromatic carbocycles. The fourth-order valence-corrected chi connectivity index (χ4v) is 5.79. The predicted octanol–water partition coefficient (Wildman–Crippen LogP) is 3.80. The highest BCUT2D eigenvalue weighted by molar-refractivity contribution is 6.09. The van der Waals surface area contributed by atoms with Crippen molar-refractivity contribution in [3.05, 3.63) is 59.9 Å². The first-order valence-electron chi connectivity index (χ1n) is 12.7. The van der Waals surface area contributed by atoms with Crippen LogP contribution < -0.4 is 20.1 Å². The van der Waals surface area contributed by atoms with Crippen LogP contribution in [0.4, 0.5) is 5.69 Å². The largest absolute Gasteiger partial charge is 0.497 e. The fourth-order valence-electron chi connectivity index (χ4n) is 5.79. The third-order valence-corrected chi connectivity index (χ3v) is 8.13. The van der Waals surface area contributed by atoms with E-state index in [1.807, 2.05) is 63.9 Å². The number of nitrogens with two attached hydrogens (primary N) is 1. The van der Waals surface area contributed by atoms with Gasteiger partial charge in [-0.1, -0.05) is 0 Å². The number of benzene rings is 2. The molecular weight excluding hydrogens is 482 g/mol. The molecule has 3 heterocycles. The number of allylic oxidation sites excluding steroid dienone is 1. The van der Waals surface area contributed by atoms with Crippen LogP contribution in [-0.2, 0) is 11.8 Å². The number of nitrogens with one attached hydrogen (secondary N) is 1. The fraction of sp³-hybridized carbons (Fsp3) is 0.345. The molecule has 38 heavy (non-hydrogen) atoms. The molecule has 0 saturated carbocycles. The zero-order valence-corrected chi connectivity index (χ0v) is 22.0. The summed E-state index contributed by atoms with van der Waals surface area (Å²) in [5, 5.41) is 8.54. The van der Waals surface area contributed by atoms with E-state index < -0.39 is 5.41 Å².